The van der Waals surface area contributed by atoms with E-state index in [9.17, 15) is 0 Å². The third kappa shape index (κ3) is 5.07. The van der Waals surface area contributed by atoms with Gasteiger partial charge in [-0.1, -0.05) is 36.4 Å². The second-order valence-corrected chi connectivity index (χ2v) is 5.85. The van der Waals surface area contributed by atoms with Crippen molar-refractivity contribution in [2.24, 2.45) is 4.99 Å². The topological polar surface area (TPSA) is 87.2 Å². The average molecular weight is 364 g/mol. The minimum atomic E-state index is 0.633. The van der Waals surface area contributed by atoms with Crippen LogP contribution in [0.2, 0.25) is 0 Å². The number of hydrogen-bond donors (Lipinski definition) is 3. The number of nitrogens with zero attached hydrogens (tertiary/aromatic N) is 3. The van der Waals surface area contributed by atoms with Crippen LogP contribution < -0.4 is 15.4 Å². The predicted octanol–water partition coefficient (Wildman–Crippen LogP) is 2.74. The first-order valence-corrected chi connectivity index (χ1v) is 8.90. The number of hydrogen-bond acceptors (Lipinski definition) is 4. The van der Waals surface area contributed by atoms with Crippen molar-refractivity contribution in [3.63, 3.8) is 0 Å². The molecule has 3 aromatic rings. The van der Waals surface area contributed by atoms with E-state index < -0.39 is 0 Å². The summed E-state index contributed by atoms with van der Waals surface area (Å²) in [7, 11) is 1.76. The first-order valence-electron chi connectivity index (χ1n) is 8.90. The third-order valence-corrected chi connectivity index (χ3v) is 4.02. The lowest BCUT2D eigenvalue weighted by atomic mass is 10.1. The Morgan fingerprint density at radius 3 is 2.74 bits per heavy atom. The molecule has 0 saturated carbocycles. The highest BCUT2D eigenvalue weighted by Gasteiger charge is 2.05. The molecule has 1 aromatic heterocycles. The van der Waals surface area contributed by atoms with Gasteiger partial charge in [0.2, 0.25) is 0 Å². The van der Waals surface area contributed by atoms with Crippen molar-refractivity contribution in [2.75, 3.05) is 13.7 Å². The number of H-pyrrole nitrogens is 1. The Kier molecular flexibility index (Phi) is 6.40. The molecule has 0 saturated heterocycles. The highest BCUT2D eigenvalue weighted by Crippen LogP contribution is 2.17. The minimum absolute atomic E-state index is 0.633. The molecule has 7 heteroatoms. The van der Waals surface area contributed by atoms with E-state index in [0.717, 1.165) is 34.2 Å². The smallest absolute Gasteiger partial charge is 0.191 e. The van der Waals surface area contributed by atoms with Gasteiger partial charge in [-0.15, -0.1) is 0 Å². The van der Waals surface area contributed by atoms with Gasteiger partial charge in [-0.2, -0.15) is 5.10 Å². The summed E-state index contributed by atoms with van der Waals surface area (Å²) in [5.41, 5.74) is 3.22. The summed E-state index contributed by atoms with van der Waals surface area (Å²) in [6.45, 7) is 3.91. The summed E-state index contributed by atoms with van der Waals surface area (Å²) in [6, 6.07) is 16.1. The lowest BCUT2D eigenvalue weighted by molar-refractivity contribution is 0.336. The zero-order valence-corrected chi connectivity index (χ0v) is 15.6. The second kappa shape index (κ2) is 9.38. The van der Waals surface area contributed by atoms with Gasteiger partial charge in [0.25, 0.3) is 0 Å². The molecule has 3 N–H and O–H groups in total. The number of para-hydroxylation sites is 1. The van der Waals surface area contributed by atoms with Crippen LogP contribution in [0.25, 0.3) is 11.4 Å². The van der Waals surface area contributed by atoms with Crippen molar-refractivity contribution in [3.8, 4) is 17.1 Å². The third-order valence-electron chi connectivity index (χ3n) is 4.02. The molecule has 27 heavy (non-hydrogen) atoms. The van der Waals surface area contributed by atoms with Gasteiger partial charge in [0.15, 0.2) is 11.8 Å². The zero-order chi connectivity index (χ0) is 18.9. The number of aromatic nitrogens is 3. The highest BCUT2D eigenvalue weighted by atomic mass is 16.5. The van der Waals surface area contributed by atoms with Gasteiger partial charge < -0.3 is 15.4 Å². The number of ether oxygens (including phenoxy) is 1. The zero-order valence-electron chi connectivity index (χ0n) is 15.6. The van der Waals surface area contributed by atoms with Gasteiger partial charge in [-0.05, 0) is 24.6 Å². The molecule has 3 rings (SSSR count). The molecular weight excluding hydrogens is 340 g/mol. The normalized spacial score (nSPS) is 11.3. The van der Waals surface area contributed by atoms with Crippen molar-refractivity contribution in [1.82, 2.24) is 25.8 Å². The number of aliphatic imine (C=N–C) groups is 1. The highest BCUT2D eigenvalue weighted by molar-refractivity contribution is 5.79. The summed E-state index contributed by atoms with van der Waals surface area (Å²) < 4.78 is 5.67. The predicted molar refractivity (Wildman–Crippen MR) is 106 cm³/mol. The van der Waals surface area contributed by atoms with Crippen LogP contribution in [0.3, 0.4) is 0 Å². The Hall–Kier alpha value is -3.35. The van der Waals surface area contributed by atoms with Crippen LogP contribution in [0.4, 0.5) is 0 Å². The van der Waals surface area contributed by atoms with E-state index >= 15 is 0 Å². The molecule has 0 atom stereocenters. The quantitative estimate of drug-likeness (QED) is 0.443. The lowest BCUT2D eigenvalue weighted by Gasteiger charge is -2.14. The summed E-state index contributed by atoms with van der Waals surface area (Å²) in [6.07, 6.45) is 1.51. The second-order valence-electron chi connectivity index (χ2n) is 5.85. The van der Waals surface area contributed by atoms with Crippen LogP contribution >= 0.6 is 0 Å². The van der Waals surface area contributed by atoms with E-state index in [1.165, 1.54) is 6.33 Å². The maximum Gasteiger partial charge on any atom is 0.191 e. The number of guanidine groups is 1. The van der Waals surface area contributed by atoms with E-state index in [4.69, 9.17) is 4.74 Å². The van der Waals surface area contributed by atoms with Gasteiger partial charge in [0, 0.05) is 31.3 Å². The van der Waals surface area contributed by atoms with Gasteiger partial charge in [0.1, 0.15) is 12.1 Å². The molecule has 0 bridgehead atoms. The molecule has 1 heterocycles. The molecule has 0 aliphatic heterocycles. The van der Waals surface area contributed by atoms with E-state index in [0.29, 0.717) is 19.7 Å². The molecule has 0 aliphatic carbocycles. The average Bonchev–Trinajstić information content (AvgIpc) is 3.25. The van der Waals surface area contributed by atoms with Crippen molar-refractivity contribution < 1.29 is 4.74 Å². The Morgan fingerprint density at radius 1 is 1.11 bits per heavy atom. The largest absolute Gasteiger partial charge is 0.494 e. The fourth-order valence-corrected chi connectivity index (χ4v) is 2.70. The van der Waals surface area contributed by atoms with Gasteiger partial charge in [-0.25, -0.2) is 4.98 Å². The molecule has 0 radical (unpaired) electrons. The minimum Gasteiger partial charge on any atom is -0.494 e. The maximum atomic E-state index is 5.67. The fraction of sp³-hybridized carbons (Fsp3) is 0.250. The Labute approximate surface area is 158 Å². The first-order chi connectivity index (χ1) is 13.3. The number of benzene rings is 2. The molecule has 2 aromatic carbocycles. The van der Waals surface area contributed by atoms with Crippen molar-refractivity contribution >= 4 is 5.96 Å². The molecular formula is C20H24N6O. The monoisotopic (exact) mass is 364 g/mol. The van der Waals surface area contributed by atoms with E-state index in [2.05, 4.69) is 42.9 Å². The maximum absolute atomic E-state index is 5.67. The van der Waals surface area contributed by atoms with Gasteiger partial charge >= 0.3 is 0 Å². The van der Waals surface area contributed by atoms with Crippen LogP contribution in [0.1, 0.15) is 18.1 Å². The van der Waals surface area contributed by atoms with Gasteiger partial charge in [-0.3, -0.25) is 10.1 Å². The van der Waals surface area contributed by atoms with Crippen molar-refractivity contribution in [3.05, 3.63) is 66.0 Å². The fourth-order valence-electron chi connectivity index (χ4n) is 2.70. The molecule has 0 unspecified atom stereocenters. The molecule has 0 aliphatic rings. The number of rotatable bonds is 7. The molecule has 0 amide bonds. The summed E-state index contributed by atoms with van der Waals surface area (Å²) in [5, 5.41) is 13.4. The summed E-state index contributed by atoms with van der Waals surface area (Å²) >= 11 is 0. The molecule has 0 fully saturated rings. The van der Waals surface area contributed by atoms with Crippen LogP contribution in [-0.2, 0) is 13.1 Å². The van der Waals surface area contributed by atoms with E-state index in [1.807, 2.05) is 43.3 Å². The van der Waals surface area contributed by atoms with Crippen LogP contribution in [0, 0.1) is 0 Å². The van der Waals surface area contributed by atoms with Crippen LogP contribution in [0.15, 0.2) is 59.9 Å². The SMILES string of the molecule is CCOc1ccccc1CNC(=NC)NCc1cccc(-c2ncn[nH]2)c1. The van der Waals surface area contributed by atoms with E-state index in [1.54, 1.807) is 7.05 Å². The Bertz CT molecular complexity index is 876. The van der Waals surface area contributed by atoms with Gasteiger partial charge in [0.05, 0.1) is 6.61 Å². The van der Waals surface area contributed by atoms with Crippen LogP contribution in [0.5, 0.6) is 5.75 Å². The number of nitrogens with one attached hydrogen (secondary N) is 3. The summed E-state index contributed by atoms with van der Waals surface area (Å²) in [4.78, 5) is 8.48. The number of aromatic amines is 1. The van der Waals surface area contributed by atoms with E-state index in [-0.39, 0.29) is 0 Å². The Morgan fingerprint density at radius 2 is 1.96 bits per heavy atom. The van der Waals surface area contributed by atoms with Crippen molar-refractivity contribution in [1.29, 1.82) is 0 Å². The molecule has 0 spiro atoms. The van der Waals surface area contributed by atoms with Crippen molar-refractivity contribution in [2.45, 2.75) is 20.0 Å². The first kappa shape index (κ1) is 18.4. The Balaban J connectivity index is 1.58. The molecule has 7 nitrogen and oxygen atoms in total. The standard InChI is InChI=1S/C20H24N6O/c1-3-27-18-10-5-4-8-17(18)13-23-20(21-2)22-12-15-7-6-9-16(11-15)19-24-14-25-26-19/h4-11,14H,3,12-13H2,1-2H3,(H2,21,22,23)(H,24,25,26). The van der Waals surface area contributed by atoms with Crippen LogP contribution in [-0.4, -0.2) is 34.8 Å². The molecule has 140 valence electrons. The lowest BCUT2D eigenvalue weighted by Crippen LogP contribution is -2.36. The summed E-state index contributed by atoms with van der Waals surface area (Å²) in [5.74, 6) is 2.38.